The maximum atomic E-state index is 12.1. The van der Waals surface area contributed by atoms with Crippen LogP contribution < -0.4 is 5.56 Å². The van der Waals surface area contributed by atoms with E-state index in [2.05, 4.69) is 4.98 Å². The van der Waals surface area contributed by atoms with E-state index in [0.29, 0.717) is 10.7 Å². The SMILES string of the molecule is Cc1csc2nc(COC(=O)c3ccc([N+](=O)[O-])cc3Cl)cc(=O)n12. The molecule has 10 heteroatoms. The summed E-state index contributed by atoms with van der Waals surface area (Å²) in [4.78, 5) is 39.0. The predicted molar refractivity (Wildman–Crippen MR) is 91.3 cm³/mol. The van der Waals surface area contributed by atoms with Crippen LogP contribution in [-0.2, 0) is 11.3 Å². The number of esters is 1. The Morgan fingerprint density at radius 3 is 2.88 bits per heavy atom. The van der Waals surface area contributed by atoms with Gasteiger partial charge in [0.25, 0.3) is 11.2 Å². The van der Waals surface area contributed by atoms with E-state index in [-0.39, 0.29) is 28.4 Å². The van der Waals surface area contributed by atoms with E-state index in [4.69, 9.17) is 16.3 Å². The number of rotatable bonds is 4. The summed E-state index contributed by atoms with van der Waals surface area (Å²) in [6.45, 7) is 1.58. The molecule has 0 spiro atoms. The zero-order valence-corrected chi connectivity index (χ0v) is 14.3. The zero-order chi connectivity index (χ0) is 18.1. The Bertz CT molecular complexity index is 1060. The van der Waals surface area contributed by atoms with Gasteiger partial charge in [0, 0.05) is 29.3 Å². The van der Waals surface area contributed by atoms with Crippen LogP contribution in [0.3, 0.4) is 0 Å². The highest BCUT2D eigenvalue weighted by Gasteiger charge is 2.17. The van der Waals surface area contributed by atoms with Crippen molar-refractivity contribution in [1.29, 1.82) is 0 Å². The lowest BCUT2D eigenvalue weighted by molar-refractivity contribution is -0.384. The molecule has 8 nitrogen and oxygen atoms in total. The number of fused-ring (bicyclic) bond motifs is 1. The number of carbonyl (C=O) groups excluding carboxylic acids is 1. The number of ether oxygens (including phenoxy) is 1. The molecular formula is C15H10ClN3O5S. The van der Waals surface area contributed by atoms with Gasteiger partial charge in [-0.15, -0.1) is 11.3 Å². The fourth-order valence-corrected chi connectivity index (χ4v) is 3.32. The molecule has 0 atom stereocenters. The van der Waals surface area contributed by atoms with Crippen LogP contribution in [0.25, 0.3) is 4.96 Å². The minimum Gasteiger partial charge on any atom is -0.456 e. The lowest BCUT2D eigenvalue weighted by Crippen LogP contribution is -2.16. The van der Waals surface area contributed by atoms with Crippen molar-refractivity contribution in [3.63, 3.8) is 0 Å². The standard InChI is InChI=1S/C15H10ClN3O5S/c1-8-7-25-15-17-9(4-13(20)18(8)15)6-24-14(21)11-3-2-10(19(22)23)5-12(11)16/h2-5,7H,6H2,1H3. The Labute approximate surface area is 149 Å². The second-order valence-electron chi connectivity index (χ2n) is 5.08. The molecule has 2 aromatic heterocycles. The number of nitro benzene ring substituents is 1. The number of nitrogens with zero attached hydrogens (tertiary/aromatic N) is 3. The van der Waals surface area contributed by atoms with Gasteiger partial charge in [-0.2, -0.15) is 0 Å². The number of hydrogen-bond acceptors (Lipinski definition) is 7. The van der Waals surface area contributed by atoms with Gasteiger partial charge in [0.2, 0.25) is 0 Å². The van der Waals surface area contributed by atoms with Gasteiger partial charge in [0.05, 0.1) is 21.2 Å². The Morgan fingerprint density at radius 2 is 2.20 bits per heavy atom. The highest BCUT2D eigenvalue weighted by atomic mass is 35.5. The summed E-state index contributed by atoms with van der Waals surface area (Å²) < 4.78 is 6.57. The van der Waals surface area contributed by atoms with Gasteiger partial charge >= 0.3 is 5.97 Å². The van der Waals surface area contributed by atoms with Crippen molar-refractivity contribution in [2.75, 3.05) is 0 Å². The van der Waals surface area contributed by atoms with Crippen LogP contribution in [0.5, 0.6) is 0 Å². The van der Waals surface area contributed by atoms with E-state index in [0.717, 1.165) is 17.8 Å². The fraction of sp³-hybridized carbons (Fsp3) is 0.133. The van der Waals surface area contributed by atoms with Crippen LogP contribution in [0.1, 0.15) is 21.7 Å². The lowest BCUT2D eigenvalue weighted by Gasteiger charge is -2.06. The third-order valence-corrected chi connectivity index (χ3v) is 4.62. The third-order valence-electron chi connectivity index (χ3n) is 3.36. The molecule has 0 fully saturated rings. The number of non-ortho nitro benzene ring substituents is 1. The molecule has 3 rings (SSSR count). The molecule has 0 aliphatic heterocycles. The van der Waals surface area contributed by atoms with Gasteiger partial charge in [-0.1, -0.05) is 11.6 Å². The molecule has 2 heterocycles. The van der Waals surface area contributed by atoms with Crippen LogP contribution in [0.2, 0.25) is 5.02 Å². The minimum atomic E-state index is -0.760. The Balaban J connectivity index is 1.78. The monoisotopic (exact) mass is 379 g/mol. The van der Waals surface area contributed by atoms with Crippen LogP contribution in [0.15, 0.2) is 34.4 Å². The summed E-state index contributed by atoms with van der Waals surface area (Å²) in [6.07, 6.45) is 0. The summed E-state index contributed by atoms with van der Waals surface area (Å²) in [7, 11) is 0. The first-order chi connectivity index (χ1) is 11.9. The quantitative estimate of drug-likeness (QED) is 0.392. The molecule has 0 saturated heterocycles. The maximum absolute atomic E-state index is 12.1. The highest BCUT2D eigenvalue weighted by Crippen LogP contribution is 2.23. The van der Waals surface area contributed by atoms with Gasteiger partial charge in [-0.3, -0.25) is 19.3 Å². The second-order valence-corrected chi connectivity index (χ2v) is 6.32. The summed E-state index contributed by atoms with van der Waals surface area (Å²) >= 11 is 7.19. The van der Waals surface area contributed by atoms with Crippen LogP contribution in [-0.4, -0.2) is 20.3 Å². The molecule has 0 amide bonds. The summed E-state index contributed by atoms with van der Waals surface area (Å²) in [5, 5.41) is 12.4. The van der Waals surface area contributed by atoms with Crippen LogP contribution in [0, 0.1) is 17.0 Å². The van der Waals surface area contributed by atoms with E-state index >= 15 is 0 Å². The molecule has 128 valence electrons. The summed E-state index contributed by atoms with van der Waals surface area (Å²) in [5.74, 6) is -0.760. The molecule has 0 aliphatic carbocycles. The molecule has 0 unspecified atom stereocenters. The number of aryl methyl sites for hydroxylation is 1. The Hall–Kier alpha value is -2.78. The normalized spacial score (nSPS) is 10.8. The van der Waals surface area contributed by atoms with Gasteiger partial charge in [-0.05, 0) is 13.0 Å². The molecular weight excluding hydrogens is 370 g/mol. The third kappa shape index (κ3) is 3.37. The lowest BCUT2D eigenvalue weighted by atomic mass is 10.2. The minimum absolute atomic E-state index is 0.00275. The Morgan fingerprint density at radius 1 is 1.44 bits per heavy atom. The van der Waals surface area contributed by atoms with E-state index in [9.17, 15) is 19.7 Å². The number of thiazole rings is 1. The number of aromatic nitrogens is 2. The molecule has 0 N–H and O–H groups in total. The van der Waals surface area contributed by atoms with E-state index in [1.165, 1.54) is 27.9 Å². The topological polar surface area (TPSA) is 104 Å². The number of benzene rings is 1. The van der Waals surface area contributed by atoms with E-state index in [1.54, 1.807) is 12.3 Å². The molecule has 0 bridgehead atoms. The van der Waals surface area contributed by atoms with Crippen molar-refractivity contribution in [3.8, 4) is 0 Å². The number of hydrogen-bond donors (Lipinski definition) is 0. The fourth-order valence-electron chi connectivity index (χ4n) is 2.18. The van der Waals surface area contributed by atoms with Crippen LogP contribution in [0.4, 0.5) is 5.69 Å². The van der Waals surface area contributed by atoms with Crippen molar-refractivity contribution in [2.45, 2.75) is 13.5 Å². The van der Waals surface area contributed by atoms with Gasteiger partial charge in [0.1, 0.15) is 6.61 Å². The average Bonchev–Trinajstić information content (AvgIpc) is 2.94. The number of halogens is 1. The molecule has 0 saturated carbocycles. The van der Waals surface area contributed by atoms with Gasteiger partial charge < -0.3 is 4.74 Å². The van der Waals surface area contributed by atoms with Gasteiger partial charge in [0.15, 0.2) is 4.96 Å². The number of carbonyl (C=O) groups is 1. The number of nitro groups is 1. The van der Waals surface area contributed by atoms with E-state index in [1.807, 2.05) is 0 Å². The zero-order valence-electron chi connectivity index (χ0n) is 12.8. The largest absolute Gasteiger partial charge is 0.456 e. The Kier molecular flexibility index (Phi) is 4.51. The van der Waals surface area contributed by atoms with Crippen molar-refractivity contribution in [3.05, 3.63) is 72.1 Å². The first-order valence-electron chi connectivity index (χ1n) is 6.94. The van der Waals surface area contributed by atoms with Crippen molar-refractivity contribution in [2.24, 2.45) is 0 Å². The highest BCUT2D eigenvalue weighted by molar-refractivity contribution is 7.15. The maximum Gasteiger partial charge on any atom is 0.340 e. The summed E-state index contributed by atoms with van der Waals surface area (Å²) in [5.41, 5.74) is 0.590. The smallest absolute Gasteiger partial charge is 0.340 e. The van der Waals surface area contributed by atoms with E-state index < -0.39 is 10.9 Å². The first-order valence-corrected chi connectivity index (χ1v) is 8.20. The van der Waals surface area contributed by atoms with Crippen LogP contribution >= 0.6 is 22.9 Å². The van der Waals surface area contributed by atoms with Crippen molar-refractivity contribution in [1.82, 2.24) is 9.38 Å². The summed E-state index contributed by atoms with van der Waals surface area (Å²) in [6, 6.07) is 4.74. The average molecular weight is 380 g/mol. The first kappa shape index (κ1) is 17.1. The molecule has 25 heavy (non-hydrogen) atoms. The molecule has 0 radical (unpaired) electrons. The van der Waals surface area contributed by atoms with Crippen molar-refractivity contribution >= 4 is 39.6 Å². The van der Waals surface area contributed by atoms with Crippen molar-refractivity contribution < 1.29 is 14.5 Å². The second kappa shape index (κ2) is 6.61. The predicted octanol–water partition coefficient (Wildman–Crippen LogP) is 2.98. The molecule has 3 aromatic rings. The molecule has 1 aromatic carbocycles. The van der Waals surface area contributed by atoms with Gasteiger partial charge in [-0.25, -0.2) is 9.78 Å². The molecule has 0 aliphatic rings.